The molecule has 0 bridgehead atoms. The van der Waals surface area contributed by atoms with Gasteiger partial charge in [-0.25, -0.2) is 4.68 Å². The van der Waals surface area contributed by atoms with Crippen molar-refractivity contribution >= 4 is 22.4 Å². The second-order valence-electron chi connectivity index (χ2n) is 4.97. The minimum absolute atomic E-state index is 0.487. The minimum Gasteiger partial charge on any atom is -0.310 e. The van der Waals surface area contributed by atoms with Crippen LogP contribution in [0.25, 0.3) is 0 Å². The number of rotatable bonds is 4. The van der Waals surface area contributed by atoms with Crippen molar-refractivity contribution in [3.63, 3.8) is 0 Å². The van der Waals surface area contributed by atoms with E-state index < -0.39 is 10.2 Å². The molecule has 1 fully saturated rings. The van der Waals surface area contributed by atoms with Gasteiger partial charge in [-0.2, -0.15) is 22.1 Å². The third-order valence-electron chi connectivity index (χ3n) is 3.34. The van der Waals surface area contributed by atoms with Crippen LogP contribution in [0, 0.1) is 4.77 Å². The number of piperazine rings is 1. The lowest BCUT2D eigenvalue weighted by Crippen LogP contribution is -2.51. The van der Waals surface area contributed by atoms with Crippen molar-refractivity contribution in [3.05, 3.63) is 11.1 Å². The number of aryl methyl sites for hydroxylation is 1. The highest BCUT2D eigenvalue weighted by molar-refractivity contribution is 7.86. The summed E-state index contributed by atoms with van der Waals surface area (Å²) >= 11 is 5.24. The third kappa shape index (κ3) is 3.09. The smallest absolute Gasteiger partial charge is 0.281 e. The van der Waals surface area contributed by atoms with Gasteiger partial charge in [-0.15, -0.1) is 0 Å². The Hall–Kier alpha value is -0.810. The normalized spacial score (nSPS) is 18.8. The molecule has 1 aliphatic rings. The summed E-state index contributed by atoms with van der Waals surface area (Å²) in [6.07, 6.45) is 1.68. The quantitative estimate of drug-likeness (QED) is 0.689. The lowest BCUT2D eigenvalue weighted by Gasteiger charge is -2.34. The van der Waals surface area contributed by atoms with E-state index in [-0.39, 0.29) is 0 Å². The van der Waals surface area contributed by atoms with Crippen LogP contribution in [0.2, 0.25) is 0 Å². The highest BCUT2D eigenvalue weighted by Gasteiger charge is 2.28. The molecule has 0 N–H and O–H groups in total. The topological polar surface area (TPSA) is 66.6 Å². The molecule has 114 valence electrons. The van der Waals surface area contributed by atoms with E-state index in [4.69, 9.17) is 12.2 Å². The van der Waals surface area contributed by atoms with Gasteiger partial charge in [0.25, 0.3) is 10.2 Å². The summed E-state index contributed by atoms with van der Waals surface area (Å²) in [6, 6.07) is 0. The highest BCUT2D eigenvalue weighted by atomic mass is 32.2. The molecule has 0 aromatic carbocycles. The molecule has 0 amide bonds. The van der Waals surface area contributed by atoms with Gasteiger partial charge in [0.1, 0.15) is 6.33 Å². The fourth-order valence-electron chi connectivity index (χ4n) is 2.04. The van der Waals surface area contributed by atoms with Crippen molar-refractivity contribution < 1.29 is 8.42 Å². The standard InChI is InChI=1S/C10H20N6O2S2/c1-12(2)20(17,18)15-6-4-14(5-7-15)9-16-10(19)13(3)8-11-16/h8H,4-7,9H2,1-3H3. The first kappa shape index (κ1) is 15.6. The van der Waals surface area contributed by atoms with Gasteiger partial charge in [-0.3, -0.25) is 4.90 Å². The predicted molar refractivity (Wildman–Crippen MR) is 77.8 cm³/mol. The SMILES string of the molecule is CN(C)S(=O)(=O)N1CCN(Cn2ncn(C)c2=S)CC1. The molecule has 0 aliphatic carbocycles. The summed E-state index contributed by atoms with van der Waals surface area (Å²) in [5.74, 6) is 0. The summed E-state index contributed by atoms with van der Waals surface area (Å²) in [4.78, 5) is 2.14. The van der Waals surface area contributed by atoms with Crippen LogP contribution in [0.4, 0.5) is 0 Å². The Balaban J connectivity index is 1.95. The van der Waals surface area contributed by atoms with Crippen molar-refractivity contribution in [2.45, 2.75) is 6.67 Å². The molecule has 20 heavy (non-hydrogen) atoms. The van der Waals surface area contributed by atoms with E-state index >= 15 is 0 Å². The Kier molecular flexibility index (Phi) is 4.59. The van der Waals surface area contributed by atoms with Gasteiger partial charge in [0.2, 0.25) is 0 Å². The molecule has 1 saturated heterocycles. The molecule has 8 nitrogen and oxygen atoms in total. The van der Waals surface area contributed by atoms with Crippen LogP contribution >= 0.6 is 12.2 Å². The van der Waals surface area contributed by atoms with E-state index in [1.54, 1.807) is 29.7 Å². The van der Waals surface area contributed by atoms with Crippen LogP contribution < -0.4 is 0 Å². The van der Waals surface area contributed by atoms with E-state index in [1.165, 1.54) is 8.61 Å². The van der Waals surface area contributed by atoms with Gasteiger partial charge >= 0.3 is 0 Å². The van der Waals surface area contributed by atoms with E-state index in [0.29, 0.717) is 37.6 Å². The second-order valence-corrected chi connectivity index (χ2v) is 7.48. The van der Waals surface area contributed by atoms with Gasteiger partial charge in [-0.05, 0) is 12.2 Å². The lowest BCUT2D eigenvalue weighted by molar-refractivity contribution is 0.141. The molecule has 0 saturated carbocycles. The Bertz CT molecular complexity index is 612. The summed E-state index contributed by atoms with van der Waals surface area (Å²) in [7, 11) is 1.65. The molecule has 1 aliphatic heterocycles. The fourth-order valence-corrected chi connectivity index (χ4v) is 3.28. The molecule has 1 aromatic heterocycles. The van der Waals surface area contributed by atoms with E-state index in [2.05, 4.69) is 10.00 Å². The molecular formula is C10H20N6O2S2. The Labute approximate surface area is 124 Å². The fraction of sp³-hybridized carbons (Fsp3) is 0.800. The first-order chi connectivity index (χ1) is 9.32. The first-order valence-electron chi connectivity index (χ1n) is 6.31. The number of aromatic nitrogens is 3. The van der Waals surface area contributed by atoms with E-state index in [9.17, 15) is 8.42 Å². The third-order valence-corrected chi connectivity index (χ3v) is 5.78. The van der Waals surface area contributed by atoms with Crippen molar-refractivity contribution in [1.29, 1.82) is 0 Å². The average Bonchev–Trinajstić information content (AvgIpc) is 2.71. The van der Waals surface area contributed by atoms with Crippen molar-refractivity contribution in [2.75, 3.05) is 40.3 Å². The van der Waals surface area contributed by atoms with Crippen LogP contribution in [0.3, 0.4) is 0 Å². The predicted octanol–water partition coefficient (Wildman–Crippen LogP) is -0.667. The van der Waals surface area contributed by atoms with Crippen LogP contribution in [-0.4, -0.2) is 76.6 Å². The van der Waals surface area contributed by atoms with Crippen LogP contribution in [0.15, 0.2) is 6.33 Å². The van der Waals surface area contributed by atoms with Crippen LogP contribution in [0.1, 0.15) is 0 Å². The maximum Gasteiger partial charge on any atom is 0.281 e. The highest BCUT2D eigenvalue weighted by Crippen LogP contribution is 2.10. The van der Waals surface area contributed by atoms with Crippen LogP contribution in [-0.2, 0) is 23.9 Å². The average molecular weight is 320 g/mol. The zero-order valence-corrected chi connectivity index (χ0v) is 13.6. The van der Waals surface area contributed by atoms with Crippen molar-refractivity contribution in [2.24, 2.45) is 7.05 Å². The maximum absolute atomic E-state index is 12.0. The Morgan fingerprint density at radius 1 is 1.30 bits per heavy atom. The summed E-state index contributed by atoms with van der Waals surface area (Å²) in [5.41, 5.74) is 0. The van der Waals surface area contributed by atoms with Gasteiger partial charge in [0.05, 0.1) is 6.67 Å². The van der Waals surface area contributed by atoms with Gasteiger partial charge in [-0.1, -0.05) is 0 Å². The largest absolute Gasteiger partial charge is 0.310 e. The molecule has 0 spiro atoms. The minimum atomic E-state index is -3.31. The molecule has 2 rings (SSSR count). The lowest BCUT2D eigenvalue weighted by atomic mass is 10.4. The van der Waals surface area contributed by atoms with Gasteiger partial charge in [0.15, 0.2) is 4.77 Å². The Morgan fingerprint density at radius 2 is 1.90 bits per heavy atom. The summed E-state index contributed by atoms with van der Waals surface area (Å²) in [5, 5.41) is 4.20. The zero-order valence-electron chi connectivity index (χ0n) is 11.9. The molecule has 0 atom stereocenters. The summed E-state index contributed by atoms with van der Waals surface area (Å²) in [6.45, 7) is 2.91. The monoisotopic (exact) mass is 320 g/mol. The Morgan fingerprint density at radius 3 is 2.35 bits per heavy atom. The molecule has 10 heteroatoms. The second kappa shape index (κ2) is 5.90. The molecule has 0 radical (unpaired) electrons. The van der Waals surface area contributed by atoms with E-state index in [1.807, 2.05) is 7.05 Å². The number of nitrogens with zero attached hydrogens (tertiary/aromatic N) is 6. The van der Waals surface area contributed by atoms with Crippen LogP contribution in [0.5, 0.6) is 0 Å². The zero-order chi connectivity index (χ0) is 14.9. The van der Waals surface area contributed by atoms with Crippen molar-refractivity contribution in [3.8, 4) is 0 Å². The van der Waals surface area contributed by atoms with Crippen molar-refractivity contribution in [1.82, 2.24) is 27.9 Å². The van der Waals surface area contributed by atoms with E-state index in [0.717, 1.165) is 0 Å². The maximum atomic E-state index is 12.0. The molecule has 0 unspecified atom stereocenters. The van der Waals surface area contributed by atoms with Gasteiger partial charge in [0, 0.05) is 47.3 Å². The first-order valence-corrected chi connectivity index (χ1v) is 8.11. The number of hydrogen-bond donors (Lipinski definition) is 0. The van der Waals surface area contributed by atoms with Gasteiger partial charge < -0.3 is 4.57 Å². The number of hydrogen-bond acceptors (Lipinski definition) is 5. The molecular weight excluding hydrogens is 300 g/mol. The molecule has 2 heterocycles. The summed E-state index contributed by atoms with van der Waals surface area (Å²) < 4.78 is 30.9. The molecule has 1 aromatic rings.